The van der Waals surface area contributed by atoms with E-state index >= 15 is 0 Å². The number of nitrogens with zero attached hydrogens (tertiary/aromatic N) is 5. The molecule has 0 spiro atoms. The predicted molar refractivity (Wildman–Crippen MR) is 144 cm³/mol. The second-order valence-corrected chi connectivity index (χ2v) is 9.55. The van der Waals surface area contributed by atoms with Crippen LogP contribution in [0.25, 0.3) is 33.4 Å². The summed E-state index contributed by atoms with van der Waals surface area (Å²) in [6.45, 7) is 4.88. The summed E-state index contributed by atoms with van der Waals surface area (Å²) in [6.07, 6.45) is 2.50. The Morgan fingerprint density at radius 1 is 1.17 bits per heavy atom. The summed E-state index contributed by atoms with van der Waals surface area (Å²) >= 11 is 6.75. The molecule has 36 heavy (non-hydrogen) atoms. The monoisotopic (exact) mass is 504 g/mol. The molecule has 0 bridgehead atoms. The second-order valence-electron chi connectivity index (χ2n) is 9.14. The lowest BCUT2D eigenvalue weighted by atomic mass is 10.0. The number of ether oxygens (including phenoxy) is 1. The summed E-state index contributed by atoms with van der Waals surface area (Å²) in [5, 5.41) is 4.22. The lowest BCUT2D eigenvalue weighted by molar-refractivity contribution is -0.0250. The second kappa shape index (κ2) is 10.3. The Morgan fingerprint density at radius 3 is 2.78 bits per heavy atom. The minimum atomic E-state index is -0.143. The largest absolute Gasteiger partial charge is 0.375 e. The molecule has 0 aliphatic carbocycles. The number of likely N-dealkylation sites (N-methyl/N-ethyl adjacent to an activating group) is 1. The molecule has 1 atom stereocenters. The quantitative estimate of drug-likeness (QED) is 0.420. The number of nitrogens with one attached hydrogen (secondary N) is 1. The fourth-order valence-corrected chi connectivity index (χ4v) is 4.87. The zero-order chi connectivity index (χ0) is 25.2. The molecule has 4 aromatic rings. The fraction of sp³-hybridized carbons (Fsp3) is 0.333. The molecule has 1 saturated heterocycles. The molecule has 5 rings (SSSR count). The third kappa shape index (κ3) is 4.97. The fourth-order valence-electron chi connectivity index (χ4n) is 4.59. The van der Waals surface area contributed by atoms with Crippen molar-refractivity contribution < 1.29 is 4.74 Å². The first-order valence-corrected chi connectivity index (χ1v) is 12.4. The van der Waals surface area contributed by atoms with Crippen LogP contribution >= 0.6 is 11.6 Å². The average Bonchev–Trinajstić information content (AvgIpc) is 2.88. The van der Waals surface area contributed by atoms with Crippen molar-refractivity contribution in [3.63, 3.8) is 0 Å². The van der Waals surface area contributed by atoms with Crippen LogP contribution in [0.5, 0.6) is 0 Å². The van der Waals surface area contributed by atoms with Gasteiger partial charge in [0.1, 0.15) is 5.65 Å². The molecule has 8 nitrogen and oxygen atoms in total. The first kappa shape index (κ1) is 24.4. The van der Waals surface area contributed by atoms with E-state index in [0.29, 0.717) is 47.3 Å². The van der Waals surface area contributed by atoms with Gasteiger partial charge in [0.2, 0.25) is 5.95 Å². The molecule has 0 radical (unpaired) electrons. The van der Waals surface area contributed by atoms with Crippen LogP contribution in [0.3, 0.4) is 0 Å². The zero-order valence-corrected chi connectivity index (χ0v) is 21.4. The van der Waals surface area contributed by atoms with Crippen LogP contribution in [0.2, 0.25) is 5.02 Å². The molecule has 0 saturated carbocycles. The van der Waals surface area contributed by atoms with Crippen LogP contribution in [-0.4, -0.2) is 64.3 Å². The van der Waals surface area contributed by atoms with Gasteiger partial charge in [-0.05, 0) is 44.7 Å². The highest BCUT2D eigenvalue weighted by Crippen LogP contribution is 2.31. The molecule has 1 aliphatic rings. The highest BCUT2D eigenvalue weighted by atomic mass is 35.5. The Morgan fingerprint density at radius 2 is 2.03 bits per heavy atom. The third-order valence-electron chi connectivity index (χ3n) is 6.51. The summed E-state index contributed by atoms with van der Waals surface area (Å²) < 4.78 is 7.66. The summed E-state index contributed by atoms with van der Waals surface area (Å²) in [6, 6.07) is 13.4. The Labute approximate surface area is 214 Å². The molecular formula is C27H29ClN6O2. The number of pyridine rings is 2. The van der Waals surface area contributed by atoms with Crippen LogP contribution in [0.15, 0.2) is 53.5 Å². The van der Waals surface area contributed by atoms with Crippen molar-refractivity contribution in [1.82, 2.24) is 24.4 Å². The number of halogens is 1. The van der Waals surface area contributed by atoms with Gasteiger partial charge in [-0.15, -0.1) is 0 Å². The SMILES string of the molecule is CNc1ncc2cc(-c3ccc(-c4cccc(C)n4)cc3Cl)c(=O)n(CCC3CN(C)CCO3)c2n1. The van der Waals surface area contributed by atoms with E-state index in [9.17, 15) is 4.79 Å². The highest BCUT2D eigenvalue weighted by molar-refractivity contribution is 6.33. The van der Waals surface area contributed by atoms with Crippen LogP contribution in [-0.2, 0) is 11.3 Å². The molecule has 0 amide bonds. The molecule has 1 aromatic carbocycles. The van der Waals surface area contributed by atoms with Gasteiger partial charge < -0.3 is 15.0 Å². The molecule has 1 unspecified atom stereocenters. The minimum Gasteiger partial charge on any atom is -0.375 e. The van der Waals surface area contributed by atoms with Gasteiger partial charge in [0.25, 0.3) is 5.56 Å². The lowest BCUT2D eigenvalue weighted by Crippen LogP contribution is -2.40. The van der Waals surface area contributed by atoms with Crippen molar-refractivity contribution in [1.29, 1.82) is 0 Å². The Balaban J connectivity index is 1.57. The number of aryl methyl sites for hydroxylation is 2. The van der Waals surface area contributed by atoms with Crippen LogP contribution < -0.4 is 10.9 Å². The van der Waals surface area contributed by atoms with Crippen LogP contribution in [0.4, 0.5) is 5.95 Å². The highest BCUT2D eigenvalue weighted by Gasteiger charge is 2.20. The lowest BCUT2D eigenvalue weighted by Gasteiger charge is -2.30. The summed E-state index contributed by atoms with van der Waals surface area (Å²) in [5.74, 6) is 0.463. The van der Waals surface area contributed by atoms with E-state index < -0.39 is 0 Å². The Kier molecular flexibility index (Phi) is 7.00. The number of anilines is 1. The molecule has 1 N–H and O–H groups in total. The van der Waals surface area contributed by atoms with E-state index in [-0.39, 0.29) is 11.7 Å². The average molecular weight is 505 g/mol. The summed E-state index contributed by atoms with van der Waals surface area (Å²) in [7, 11) is 3.84. The molecule has 1 aliphatic heterocycles. The first-order valence-electron chi connectivity index (χ1n) is 12.1. The Bertz CT molecular complexity index is 1470. The number of hydrogen-bond acceptors (Lipinski definition) is 7. The van der Waals surface area contributed by atoms with E-state index in [2.05, 4.69) is 32.2 Å². The van der Waals surface area contributed by atoms with Crippen molar-refractivity contribution in [2.75, 3.05) is 39.1 Å². The van der Waals surface area contributed by atoms with E-state index in [4.69, 9.17) is 16.3 Å². The summed E-state index contributed by atoms with van der Waals surface area (Å²) in [4.78, 5) is 29.6. The standard InChI is InChI=1S/C27H29ClN6O2/c1-17-5-4-6-24(31-17)18-7-8-21(23(28)14-18)22-13-19-15-30-27(29-2)32-25(19)34(26(22)35)10-9-20-16-33(3)11-12-36-20/h4-8,13-15,20H,9-12,16H2,1-3H3,(H,29,30,32). The normalized spacial score (nSPS) is 16.4. The van der Waals surface area contributed by atoms with E-state index in [1.807, 2.05) is 49.4 Å². The smallest absolute Gasteiger partial charge is 0.260 e. The van der Waals surface area contributed by atoms with Gasteiger partial charge in [0.15, 0.2) is 0 Å². The van der Waals surface area contributed by atoms with Crippen molar-refractivity contribution in [3.05, 3.63) is 69.7 Å². The van der Waals surface area contributed by atoms with Gasteiger partial charge in [-0.1, -0.05) is 29.8 Å². The predicted octanol–water partition coefficient (Wildman–Crippen LogP) is 4.24. The van der Waals surface area contributed by atoms with Crippen molar-refractivity contribution in [3.8, 4) is 22.4 Å². The summed E-state index contributed by atoms with van der Waals surface area (Å²) in [5.41, 5.74) is 4.29. The zero-order valence-electron chi connectivity index (χ0n) is 20.7. The molecule has 1 fully saturated rings. The minimum absolute atomic E-state index is 0.0599. The van der Waals surface area contributed by atoms with Crippen LogP contribution in [0, 0.1) is 6.92 Å². The van der Waals surface area contributed by atoms with Crippen molar-refractivity contribution in [2.24, 2.45) is 0 Å². The first-order chi connectivity index (χ1) is 17.4. The van der Waals surface area contributed by atoms with Crippen molar-refractivity contribution in [2.45, 2.75) is 26.0 Å². The molecule has 4 heterocycles. The van der Waals surface area contributed by atoms with Gasteiger partial charge in [0, 0.05) is 65.7 Å². The van der Waals surface area contributed by atoms with Crippen LogP contribution in [0.1, 0.15) is 12.1 Å². The van der Waals surface area contributed by atoms with Gasteiger partial charge in [-0.3, -0.25) is 14.3 Å². The molecule has 3 aromatic heterocycles. The van der Waals surface area contributed by atoms with E-state index in [1.165, 1.54) is 0 Å². The Hall–Kier alpha value is -3.33. The number of fused-ring (bicyclic) bond motifs is 1. The van der Waals surface area contributed by atoms with Gasteiger partial charge in [0.05, 0.1) is 18.4 Å². The topological polar surface area (TPSA) is 85.2 Å². The number of benzene rings is 1. The number of rotatable bonds is 6. The van der Waals surface area contributed by atoms with Gasteiger partial charge in [-0.2, -0.15) is 4.98 Å². The van der Waals surface area contributed by atoms with E-state index in [1.54, 1.807) is 17.8 Å². The number of hydrogen-bond donors (Lipinski definition) is 1. The van der Waals surface area contributed by atoms with E-state index in [0.717, 1.165) is 35.4 Å². The molecular weight excluding hydrogens is 476 g/mol. The molecule has 186 valence electrons. The van der Waals surface area contributed by atoms with Crippen molar-refractivity contribution >= 4 is 28.6 Å². The third-order valence-corrected chi connectivity index (χ3v) is 6.82. The maximum absolute atomic E-state index is 13.8. The van der Waals surface area contributed by atoms with Gasteiger partial charge >= 0.3 is 0 Å². The maximum Gasteiger partial charge on any atom is 0.260 e. The molecule has 9 heteroatoms. The van der Waals surface area contributed by atoms with Gasteiger partial charge in [-0.25, -0.2) is 4.98 Å². The number of morpholine rings is 1. The number of aromatic nitrogens is 4. The maximum atomic E-state index is 13.8.